The first-order chi connectivity index (χ1) is 8.85. The summed E-state index contributed by atoms with van der Waals surface area (Å²) < 4.78 is 10.1. The van der Waals surface area contributed by atoms with Crippen molar-refractivity contribution in [2.75, 3.05) is 13.7 Å². The number of methoxy groups -OCH3 is 1. The quantitative estimate of drug-likeness (QED) is 0.877. The molecule has 0 bridgehead atoms. The Balaban J connectivity index is 2.45. The Morgan fingerprint density at radius 3 is 2.84 bits per heavy atom. The average molecular weight is 286 g/mol. The highest BCUT2D eigenvalue weighted by atomic mass is 35.5. The molecule has 2 N–H and O–H groups in total. The maximum absolute atomic E-state index is 11.4. The van der Waals surface area contributed by atoms with Gasteiger partial charge in [-0.25, -0.2) is 4.79 Å². The predicted octanol–water partition coefficient (Wildman–Crippen LogP) is 2.86. The van der Waals surface area contributed by atoms with E-state index in [2.05, 4.69) is 5.32 Å². The van der Waals surface area contributed by atoms with E-state index in [0.717, 1.165) is 5.56 Å². The van der Waals surface area contributed by atoms with Gasteiger partial charge in [-0.3, -0.25) is 0 Å². The molecule has 1 aromatic carbocycles. The van der Waals surface area contributed by atoms with Gasteiger partial charge in [0.2, 0.25) is 0 Å². The first kappa shape index (κ1) is 13.8. The van der Waals surface area contributed by atoms with Crippen LogP contribution in [0.2, 0.25) is 5.02 Å². The number of alkyl carbamates (subject to hydrolysis) is 1. The molecule has 1 heterocycles. The fraction of sp³-hybridized carbons (Fsp3) is 0.462. The van der Waals surface area contributed by atoms with Gasteiger partial charge in [-0.2, -0.15) is 0 Å². The van der Waals surface area contributed by atoms with Gasteiger partial charge >= 0.3 is 6.09 Å². The van der Waals surface area contributed by atoms with Crippen LogP contribution in [0.15, 0.2) is 12.1 Å². The van der Waals surface area contributed by atoms with Crippen LogP contribution in [-0.4, -0.2) is 24.9 Å². The number of carbonyl (C=O) groups is 1. The number of phenolic OH excluding ortho intramolecular Hbond substituents is 1. The van der Waals surface area contributed by atoms with Crippen molar-refractivity contribution in [1.29, 1.82) is 0 Å². The Labute approximate surface area is 116 Å². The van der Waals surface area contributed by atoms with E-state index >= 15 is 0 Å². The van der Waals surface area contributed by atoms with Crippen LogP contribution in [0.3, 0.4) is 0 Å². The number of cyclic esters (lactones) is 1. The molecule has 6 heteroatoms. The minimum Gasteiger partial charge on any atom is -0.503 e. The summed E-state index contributed by atoms with van der Waals surface area (Å²) in [6.45, 7) is 4.26. The number of aromatic hydroxyl groups is 1. The molecule has 1 saturated heterocycles. The van der Waals surface area contributed by atoms with E-state index < -0.39 is 6.09 Å². The molecular formula is C13H16ClNO4. The molecule has 1 aliphatic rings. The number of hydrogen-bond donors (Lipinski definition) is 2. The highest BCUT2D eigenvalue weighted by Gasteiger charge is 2.38. The van der Waals surface area contributed by atoms with Gasteiger partial charge < -0.3 is 19.9 Å². The van der Waals surface area contributed by atoms with Gasteiger partial charge in [-0.15, -0.1) is 0 Å². The summed E-state index contributed by atoms with van der Waals surface area (Å²) in [7, 11) is 1.45. The number of amides is 1. The van der Waals surface area contributed by atoms with E-state index in [1.54, 1.807) is 12.1 Å². The Morgan fingerprint density at radius 1 is 1.53 bits per heavy atom. The Bertz CT molecular complexity index is 516. The lowest BCUT2D eigenvalue weighted by Gasteiger charge is -2.38. The number of benzene rings is 1. The molecule has 0 aromatic heterocycles. The minimum absolute atomic E-state index is 0.107. The molecule has 5 nitrogen and oxygen atoms in total. The van der Waals surface area contributed by atoms with Crippen molar-refractivity contribution in [3.05, 3.63) is 22.7 Å². The fourth-order valence-corrected chi connectivity index (χ4v) is 2.36. The topological polar surface area (TPSA) is 67.8 Å². The first-order valence-corrected chi connectivity index (χ1v) is 6.22. The van der Waals surface area contributed by atoms with Gasteiger partial charge in [0.15, 0.2) is 11.5 Å². The standard InChI is InChI=1S/C13H16ClNO4/c1-13(2)6-19-12(17)15-11(13)7-4-8(14)10(16)9(5-7)18-3/h4-5,11,16H,6H2,1-3H3,(H,15,17)/t11-/m0/s1. The smallest absolute Gasteiger partial charge is 0.407 e. The third kappa shape index (κ3) is 2.56. The zero-order valence-electron chi connectivity index (χ0n) is 11.0. The predicted molar refractivity (Wildman–Crippen MR) is 70.7 cm³/mol. The summed E-state index contributed by atoms with van der Waals surface area (Å²) in [4.78, 5) is 11.4. The summed E-state index contributed by atoms with van der Waals surface area (Å²) >= 11 is 5.97. The third-order valence-electron chi connectivity index (χ3n) is 3.22. The van der Waals surface area contributed by atoms with E-state index in [1.807, 2.05) is 13.8 Å². The van der Waals surface area contributed by atoms with Crippen molar-refractivity contribution < 1.29 is 19.4 Å². The number of halogens is 1. The molecule has 0 aliphatic carbocycles. The molecule has 1 aromatic rings. The summed E-state index contributed by atoms with van der Waals surface area (Å²) in [6.07, 6.45) is -0.465. The monoisotopic (exact) mass is 285 g/mol. The van der Waals surface area contributed by atoms with Crippen molar-refractivity contribution in [2.45, 2.75) is 19.9 Å². The van der Waals surface area contributed by atoms with Crippen LogP contribution in [0.1, 0.15) is 25.5 Å². The minimum atomic E-state index is -0.465. The summed E-state index contributed by atoms with van der Waals surface area (Å²) in [6, 6.07) is 3.03. The van der Waals surface area contributed by atoms with Crippen LogP contribution < -0.4 is 10.1 Å². The van der Waals surface area contributed by atoms with Crippen LogP contribution in [0.25, 0.3) is 0 Å². The second-order valence-electron chi connectivity index (χ2n) is 5.20. The van der Waals surface area contributed by atoms with Crippen LogP contribution in [0.4, 0.5) is 4.79 Å². The molecule has 2 rings (SSSR count). The number of hydrogen-bond acceptors (Lipinski definition) is 4. The lowest BCUT2D eigenvalue weighted by atomic mass is 9.80. The Hall–Kier alpha value is -1.62. The van der Waals surface area contributed by atoms with Crippen LogP contribution in [0.5, 0.6) is 11.5 Å². The number of carbonyl (C=O) groups excluding carboxylic acids is 1. The third-order valence-corrected chi connectivity index (χ3v) is 3.51. The Morgan fingerprint density at radius 2 is 2.21 bits per heavy atom. The van der Waals surface area contributed by atoms with Crippen molar-refractivity contribution in [3.63, 3.8) is 0 Å². The van der Waals surface area contributed by atoms with Gasteiger partial charge in [0.1, 0.15) is 6.61 Å². The molecule has 1 atom stereocenters. The van der Waals surface area contributed by atoms with Gasteiger partial charge in [-0.05, 0) is 17.7 Å². The Kier molecular flexibility index (Phi) is 3.49. The van der Waals surface area contributed by atoms with Crippen LogP contribution >= 0.6 is 11.6 Å². The molecular weight excluding hydrogens is 270 g/mol. The van der Waals surface area contributed by atoms with Crippen molar-refractivity contribution in [1.82, 2.24) is 5.32 Å². The SMILES string of the molecule is COc1cc([C@@H]2NC(=O)OCC2(C)C)cc(Cl)c1O. The molecule has 1 amide bonds. The maximum atomic E-state index is 11.4. The number of nitrogens with one attached hydrogen (secondary N) is 1. The van der Waals surface area contributed by atoms with E-state index in [0.29, 0.717) is 6.61 Å². The van der Waals surface area contributed by atoms with Crippen molar-refractivity contribution in [2.24, 2.45) is 5.41 Å². The highest BCUT2D eigenvalue weighted by Crippen LogP contribution is 2.42. The van der Waals surface area contributed by atoms with Crippen LogP contribution in [-0.2, 0) is 4.74 Å². The molecule has 0 spiro atoms. The molecule has 0 unspecified atom stereocenters. The summed E-state index contributed by atoms with van der Waals surface area (Å²) in [5.74, 6) is 0.170. The van der Waals surface area contributed by atoms with E-state index in [-0.39, 0.29) is 28.0 Å². The second-order valence-corrected chi connectivity index (χ2v) is 5.60. The maximum Gasteiger partial charge on any atom is 0.407 e. The lowest BCUT2D eigenvalue weighted by Crippen LogP contribution is -2.46. The summed E-state index contributed by atoms with van der Waals surface area (Å²) in [5.41, 5.74) is 0.473. The molecule has 1 fully saturated rings. The van der Waals surface area contributed by atoms with Gasteiger partial charge in [-0.1, -0.05) is 25.4 Å². The molecule has 104 valence electrons. The molecule has 1 aliphatic heterocycles. The van der Waals surface area contributed by atoms with Gasteiger partial charge in [0.05, 0.1) is 18.2 Å². The largest absolute Gasteiger partial charge is 0.503 e. The molecule has 0 saturated carbocycles. The van der Waals surface area contributed by atoms with Gasteiger partial charge in [0.25, 0.3) is 0 Å². The first-order valence-electron chi connectivity index (χ1n) is 5.85. The van der Waals surface area contributed by atoms with Gasteiger partial charge in [0, 0.05) is 5.41 Å². The number of phenols is 1. The fourth-order valence-electron chi connectivity index (χ4n) is 2.14. The zero-order valence-corrected chi connectivity index (χ0v) is 11.7. The van der Waals surface area contributed by atoms with Crippen molar-refractivity contribution >= 4 is 17.7 Å². The van der Waals surface area contributed by atoms with E-state index in [1.165, 1.54) is 7.11 Å². The zero-order chi connectivity index (χ0) is 14.2. The highest BCUT2D eigenvalue weighted by molar-refractivity contribution is 6.32. The second kappa shape index (κ2) is 4.81. The van der Waals surface area contributed by atoms with Crippen molar-refractivity contribution in [3.8, 4) is 11.5 Å². The number of ether oxygens (including phenoxy) is 2. The average Bonchev–Trinajstić information content (AvgIpc) is 2.35. The van der Waals surface area contributed by atoms with Crippen LogP contribution in [0, 0.1) is 5.41 Å². The summed E-state index contributed by atoms with van der Waals surface area (Å²) in [5, 5.41) is 12.7. The lowest BCUT2D eigenvalue weighted by molar-refractivity contribution is 0.0387. The number of rotatable bonds is 2. The molecule has 0 radical (unpaired) electrons. The molecule has 19 heavy (non-hydrogen) atoms. The van der Waals surface area contributed by atoms with E-state index in [4.69, 9.17) is 21.1 Å². The normalized spacial score (nSPS) is 21.5. The van der Waals surface area contributed by atoms with E-state index in [9.17, 15) is 9.90 Å².